The van der Waals surface area contributed by atoms with Crippen molar-refractivity contribution in [1.82, 2.24) is 20.2 Å². The van der Waals surface area contributed by atoms with Gasteiger partial charge in [0.2, 0.25) is 0 Å². The number of halogens is 4. The molecule has 1 fully saturated rings. The fourth-order valence-electron chi connectivity index (χ4n) is 5.03. The maximum Gasteiger partial charge on any atom is 0.416 e. The van der Waals surface area contributed by atoms with E-state index < -0.39 is 11.7 Å². The summed E-state index contributed by atoms with van der Waals surface area (Å²) in [6, 6.07) is 10.0. The maximum absolute atomic E-state index is 13.4. The lowest BCUT2D eigenvalue weighted by atomic mass is 10.0. The van der Waals surface area contributed by atoms with Crippen LogP contribution in [0.3, 0.4) is 0 Å². The van der Waals surface area contributed by atoms with Crippen LogP contribution in [0.5, 0.6) is 5.75 Å². The van der Waals surface area contributed by atoms with E-state index in [1.54, 1.807) is 6.07 Å². The first-order valence-electron chi connectivity index (χ1n) is 13.2. The molecule has 5 rings (SSSR count). The first-order valence-corrected chi connectivity index (χ1v) is 13.5. The summed E-state index contributed by atoms with van der Waals surface area (Å²) in [4.78, 5) is 13.2. The van der Waals surface area contributed by atoms with E-state index in [0.717, 1.165) is 56.1 Å². The van der Waals surface area contributed by atoms with Crippen LogP contribution < -0.4 is 20.3 Å². The molecule has 0 amide bonds. The van der Waals surface area contributed by atoms with E-state index >= 15 is 0 Å². The van der Waals surface area contributed by atoms with Gasteiger partial charge in [-0.2, -0.15) is 13.2 Å². The molecular weight excluding hydrogens is 529 g/mol. The third-order valence-electron chi connectivity index (χ3n) is 7.18. The van der Waals surface area contributed by atoms with Crippen molar-refractivity contribution in [2.75, 3.05) is 56.1 Å². The van der Waals surface area contributed by atoms with Crippen LogP contribution in [-0.4, -0.2) is 60.7 Å². The number of hydrogen-bond donors (Lipinski definition) is 2. The molecule has 1 saturated heterocycles. The fourth-order valence-corrected chi connectivity index (χ4v) is 5.27. The lowest BCUT2D eigenvalue weighted by Gasteiger charge is -2.31. The molecule has 2 aromatic carbocycles. The van der Waals surface area contributed by atoms with Crippen molar-refractivity contribution in [1.29, 1.82) is 0 Å². The van der Waals surface area contributed by atoms with Gasteiger partial charge in [-0.3, -0.25) is 0 Å². The second-order valence-corrected chi connectivity index (χ2v) is 10.3. The van der Waals surface area contributed by atoms with Gasteiger partial charge >= 0.3 is 6.18 Å². The first kappa shape index (κ1) is 27.5. The highest BCUT2D eigenvalue weighted by atomic mass is 35.5. The summed E-state index contributed by atoms with van der Waals surface area (Å²) in [6.07, 6.45) is -1.39. The summed E-state index contributed by atoms with van der Waals surface area (Å²) in [5, 5.41) is 7.19. The van der Waals surface area contributed by atoms with Gasteiger partial charge in [-0.05, 0) is 55.7 Å². The number of aromatic nitrogens is 2. The van der Waals surface area contributed by atoms with Gasteiger partial charge < -0.3 is 25.2 Å². The van der Waals surface area contributed by atoms with Crippen LogP contribution in [0.25, 0.3) is 0 Å². The molecule has 3 heterocycles. The Bertz CT molecular complexity index is 1300. The van der Waals surface area contributed by atoms with Crippen LogP contribution in [-0.2, 0) is 19.1 Å². The van der Waals surface area contributed by atoms with Crippen molar-refractivity contribution in [2.24, 2.45) is 0 Å². The Morgan fingerprint density at radius 1 is 1.08 bits per heavy atom. The van der Waals surface area contributed by atoms with Crippen molar-refractivity contribution in [2.45, 2.75) is 32.5 Å². The van der Waals surface area contributed by atoms with Gasteiger partial charge in [-0.25, -0.2) is 9.97 Å². The number of ether oxygens (including phenoxy) is 1. The number of rotatable bonds is 8. The van der Waals surface area contributed by atoms with E-state index in [0.29, 0.717) is 48.4 Å². The molecule has 2 N–H and O–H groups in total. The number of nitrogens with one attached hydrogen (secondary N) is 2. The quantitative estimate of drug-likeness (QED) is 0.356. The standard InChI is InChI=1S/C28H32ClF3N6O/c1-19-3-5-21(16-23(19)28(30,31)32)38-11-7-22-25(17-38)34-18-35-27(22)36-20-4-6-26(24(29)15-20)39-14-2-10-37-12-8-33-9-13-37/h3-6,15-16,18,33H,2,7-14,17H2,1H3,(H,34,35,36). The minimum atomic E-state index is -4.39. The fraction of sp³-hybridized carbons (Fsp3) is 0.429. The zero-order chi connectivity index (χ0) is 27.4. The summed E-state index contributed by atoms with van der Waals surface area (Å²) < 4.78 is 46.2. The Labute approximate surface area is 231 Å². The Morgan fingerprint density at radius 2 is 1.90 bits per heavy atom. The highest BCUT2D eigenvalue weighted by Gasteiger charge is 2.33. The predicted molar refractivity (Wildman–Crippen MR) is 147 cm³/mol. The number of benzene rings is 2. The van der Waals surface area contributed by atoms with Gasteiger partial charge in [0.05, 0.1) is 29.4 Å². The smallest absolute Gasteiger partial charge is 0.416 e. The molecule has 0 bridgehead atoms. The van der Waals surface area contributed by atoms with Gasteiger partial charge in [0, 0.05) is 56.2 Å². The van der Waals surface area contributed by atoms with E-state index in [2.05, 4.69) is 25.5 Å². The molecule has 2 aliphatic rings. The molecule has 11 heteroatoms. The summed E-state index contributed by atoms with van der Waals surface area (Å²) in [6.45, 7) is 8.22. The second kappa shape index (κ2) is 12.0. The van der Waals surface area contributed by atoms with Gasteiger partial charge in [-0.1, -0.05) is 17.7 Å². The minimum absolute atomic E-state index is 0.211. The molecule has 3 aromatic rings. The molecule has 1 aromatic heterocycles. The molecule has 0 spiro atoms. The SMILES string of the molecule is Cc1ccc(N2CCc3c(ncnc3Nc3ccc(OCCCN4CCNCC4)c(Cl)c3)C2)cc1C(F)(F)F. The third kappa shape index (κ3) is 6.74. The number of piperazine rings is 1. The van der Waals surface area contributed by atoms with Gasteiger partial charge in [0.15, 0.2) is 0 Å². The Balaban J connectivity index is 1.21. The van der Waals surface area contributed by atoms with Crippen molar-refractivity contribution in [3.63, 3.8) is 0 Å². The summed E-state index contributed by atoms with van der Waals surface area (Å²) >= 11 is 6.51. The zero-order valence-corrected chi connectivity index (χ0v) is 22.6. The van der Waals surface area contributed by atoms with Gasteiger partial charge in [0.25, 0.3) is 0 Å². The van der Waals surface area contributed by atoms with E-state index in [9.17, 15) is 13.2 Å². The predicted octanol–water partition coefficient (Wildman–Crippen LogP) is 5.44. The normalized spacial score (nSPS) is 16.2. The second-order valence-electron chi connectivity index (χ2n) is 9.88. The number of hydrogen-bond acceptors (Lipinski definition) is 7. The lowest BCUT2D eigenvalue weighted by molar-refractivity contribution is -0.138. The molecule has 7 nitrogen and oxygen atoms in total. The number of nitrogens with zero attached hydrogens (tertiary/aromatic N) is 4. The molecule has 0 unspecified atom stereocenters. The maximum atomic E-state index is 13.4. The van der Waals surface area contributed by atoms with Crippen LogP contribution in [0.1, 0.15) is 28.8 Å². The van der Waals surface area contributed by atoms with Crippen LogP contribution in [0, 0.1) is 6.92 Å². The Hall–Kier alpha value is -3.08. The van der Waals surface area contributed by atoms with E-state index in [4.69, 9.17) is 16.3 Å². The van der Waals surface area contributed by atoms with Crippen LogP contribution in [0.15, 0.2) is 42.7 Å². The van der Waals surface area contributed by atoms with Gasteiger partial charge in [-0.15, -0.1) is 0 Å². The highest BCUT2D eigenvalue weighted by molar-refractivity contribution is 6.32. The van der Waals surface area contributed by atoms with Crippen LogP contribution in [0.4, 0.5) is 30.4 Å². The largest absolute Gasteiger partial charge is 0.492 e. The molecule has 0 aliphatic carbocycles. The number of alkyl halides is 3. The number of aryl methyl sites for hydroxylation is 1. The van der Waals surface area contributed by atoms with Crippen LogP contribution in [0.2, 0.25) is 5.02 Å². The summed E-state index contributed by atoms with van der Waals surface area (Å²) in [5.74, 6) is 1.31. The minimum Gasteiger partial charge on any atom is -0.492 e. The van der Waals surface area contributed by atoms with E-state index in [1.165, 1.54) is 25.4 Å². The monoisotopic (exact) mass is 560 g/mol. The van der Waals surface area contributed by atoms with Crippen molar-refractivity contribution < 1.29 is 17.9 Å². The first-order chi connectivity index (χ1) is 18.8. The van der Waals surface area contributed by atoms with Gasteiger partial charge in [0.1, 0.15) is 17.9 Å². The number of fused-ring (bicyclic) bond motifs is 1. The molecule has 208 valence electrons. The Morgan fingerprint density at radius 3 is 2.67 bits per heavy atom. The number of anilines is 3. The topological polar surface area (TPSA) is 65.5 Å². The van der Waals surface area contributed by atoms with Crippen molar-refractivity contribution in [3.05, 3.63) is 70.1 Å². The lowest BCUT2D eigenvalue weighted by Crippen LogP contribution is -2.43. The molecule has 0 atom stereocenters. The third-order valence-corrected chi connectivity index (χ3v) is 7.47. The molecule has 2 aliphatic heterocycles. The average Bonchev–Trinajstić information content (AvgIpc) is 2.92. The van der Waals surface area contributed by atoms with E-state index in [-0.39, 0.29) is 5.56 Å². The van der Waals surface area contributed by atoms with Crippen molar-refractivity contribution >= 4 is 28.8 Å². The molecule has 0 saturated carbocycles. The molecule has 39 heavy (non-hydrogen) atoms. The molecule has 0 radical (unpaired) electrons. The summed E-state index contributed by atoms with van der Waals surface area (Å²) in [5.41, 5.74) is 2.62. The Kier molecular flexibility index (Phi) is 8.44. The van der Waals surface area contributed by atoms with E-state index in [1.807, 2.05) is 23.1 Å². The van der Waals surface area contributed by atoms with Crippen LogP contribution >= 0.6 is 11.6 Å². The highest BCUT2D eigenvalue weighted by Crippen LogP contribution is 2.36. The summed E-state index contributed by atoms with van der Waals surface area (Å²) in [7, 11) is 0. The van der Waals surface area contributed by atoms with Crippen molar-refractivity contribution in [3.8, 4) is 5.75 Å². The zero-order valence-electron chi connectivity index (χ0n) is 21.8. The molecular formula is C28H32ClF3N6O. The average molecular weight is 561 g/mol.